The van der Waals surface area contributed by atoms with Crippen molar-refractivity contribution in [3.05, 3.63) is 113 Å². The number of methoxy groups -OCH3 is 1. The summed E-state index contributed by atoms with van der Waals surface area (Å²) in [5.41, 5.74) is 4.70. The van der Waals surface area contributed by atoms with Crippen LogP contribution in [0.15, 0.2) is 95.5 Å². The third kappa shape index (κ3) is 4.54. The van der Waals surface area contributed by atoms with Gasteiger partial charge in [-0.3, -0.25) is 0 Å². The lowest BCUT2D eigenvalue weighted by Crippen LogP contribution is -2.34. The number of nitrogens with zero attached hydrogens (tertiary/aromatic N) is 1. The van der Waals surface area contributed by atoms with Crippen LogP contribution in [0.3, 0.4) is 0 Å². The van der Waals surface area contributed by atoms with E-state index < -0.39 is 0 Å². The fraction of sp³-hybridized carbons (Fsp3) is 0.179. The van der Waals surface area contributed by atoms with Gasteiger partial charge in [0, 0.05) is 12.7 Å². The van der Waals surface area contributed by atoms with E-state index in [4.69, 9.17) is 14.0 Å². The van der Waals surface area contributed by atoms with Crippen molar-refractivity contribution in [2.45, 2.75) is 18.6 Å². The first-order valence-corrected chi connectivity index (χ1v) is 11.1. The zero-order valence-corrected chi connectivity index (χ0v) is 18.5. The maximum absolute atomic E-state index is 6.52. The second-order valence-corrected chi connectivity index (χ2v) is 8.01. The highest BCUT2D eigenvalue weighted by Gasteiger charge is 2.34. The molecule has 0 saturated carbocycles. The molecule has 3 aromatic carbocycles. The molecule has 2 atom stereocenters. The van der Waals surface area contributed by atoms with E-state index in [1.807, 2.05) is 66.7 Å². The van der Waals surface area contributed by atoms with E-state index in [1.54, 1.807) is 7.11 Å². The van der Waals surface area contributed by atoms with Crippen LogP contribution in [0.1, 0.15) is 17.2 Å². The summed E-state index contributed by atoms with van der Waals surface area (Å²) in [6, 6.07) is 30.5. The van der Waals surface area contributed by atoms with Crippen LogP contribution in [-0.4, -0.2) is 24.9 Å². The molecule has 0 spiro atoms. The van der Waals surface area contributed by atoms with Gasteiger partial charge < -0.3 is 19.3 Å². The first kappa shape index (κ1) is 21.0. The molecule has 33 heavy (non-hydrogen) atoms. The molecule has 5 heteroatoms. The van der Waals surface area contributed by atoms with Crippen LogP contribution in [0.5, 0.6) is 0 Å². The number of aromatic nitrogens is 1. The molecular formula is C28H26N2O3. The van der Waals surface area contributed by atoms with Gasteiger partial charge in [-0.15, -0.1) is 0 Å². The minimum Gasteiger partial charge on any atom is -0.468 e. The van der Waals surface area contributed by atoms with Crippen molar-refractivity contribution in [2.24, 2.45) is 0 Å². The zero-order valence-electron chi connectivity index (χ0n) is 18.5. The fourth-order valence-electron chi connectivity index (χ4n) is 4.15. The topological polar surface area (TPSA) is 56.5 Å². The summed E-state index contributed by atoms with van der Waals surface area (Å²) in [7, 11) is 1.70. The molecule has 1 aromatic heterocycles. The molecule has 1 aliphatic heterocycles. The average Bonchev–Trinajstić information content (AvgIpc) is 3.49. The van der Waals surface area contributed by atoms with Crippen molar-refractivity contribution in [3.63, 3.8) is 0 Å². The van der Waals surface area contributed by atoms with Crippen LogP contribution in [0.4, 0.5) is 0 Å². The molecule has 166 valence electrons. The van der Waals surface area contributed by atoms with Gasteiger partial charge in [0.15, 0.2) is 5.42 Å². The Morgan fingerprint density at radius 3 is 2.27 bits per heavy atom. The summed E-state index contributed by atoms with van der Waals surface area (Å²) in [6.07, 6.45) is 2.61. The number of hydrogen-bond donors (Lipinski definition) is 1. The smallest absolute Gasteiger partial charge is 0.201 e. The van der Waals surface area contributed by atoms with E-state index in [9.17, 15) is 0 Å². The Kier molecular flexibility index (Phi) is 6.22. The van der Waals surface area contributed by atoms with Gasteiger partial charge in [-0.05, 0) is 23.6 Å². The summed E-state index contributed by atoms with van der Waals surface area (Å²) in [5, 5.41) is 8.81. The van der Waals surface area contributed by atoms with Gasteiger partial charge in [-0.1, -0.05) is 96.2 Å². The molecule has 1 aliphatic rings. The monoisotopic (exact) mass is 438 g/mol. The average molecular weight is 439 g/mol. The summed E-state index contributed by atoms with van der Waals surface area (Å²) in [4.78, 5) is 0. The van der Waals surface area contributed by atoms with Crippen LogP contribution in [0.25, 0.3) is 23.2 Å². The minimum atomic E-state index is -0.179. The van der Waals surface area contributed by atoms with E-state index in [2.05, 4.69) is 40.8 Å². The van der Waals surface area contributed by atoms with Crippen molar-refractivity contribution in [3.8, 4) is 11.3 Å². The fourth-order valence-corrected chi connectivity index (χ4v) is 4.15. The quantitative estimate of drug-likeness (QED) is 0.496. The molecule has 1 N–H and O–H groups in total. The highest BCUT2D eigenvalue weighted by Crippen LogP contribution is 2.30. The zero-order chi connectivity index (χ0) is 22.5. The minimum absolute atomic E-state index is 0.0344. The highest BCUT2D eigenvalue weighted by molar-refractivity contribution is 5.63. The molecule has 5 nitrogen and oxygen atoms in total. The standard InChI is InChI=1S/C28H26N2O3/c1-31-19-23-27(22-15-9-4-10-16-22)32-28(29-23)25-24(18-17-20-11-5-2-6-12-20)33-30-26(25)21-13-7-3-8-14-21/h2-16,18,23,27,29H,17,19H2,1H3/b24-18-,28-25+/t23-,27-/m0/s1. The second kappa shape index (κ2) is 9.76. The number of hydrogen-bond acceptors (Lipinski definition) is 5. The SMILES string of the molecule is COC[C@@H]1N/C(=c2\c(-c3ccccc3)no\c2=C/Cc2ccccc2)O[C@H]1c1ccccc1. The Labute approximate surface area is 193 Å². The number of benzene rings is 3. The molecule has 0 bridgehead atoms. The predicted molar refractivity (Wildman–Crippen MR) is 128 cm³/mol. The van der Waals surface area contributed by atoms with Crippen LogP contribution >= 0.6 is 0 Å². The van der Waals surface area contributed by atoms with E-state index in [0.717, 1.165) is 28.5 Å². The van der Waals surface area contributed by atoms with Gasteiger partial charge in [0.2, 0.25) is 5.88 Å². The lowest BCUT2D eigenvalue weighted by Gasteiger charge is -2.16. The lowest BCUT2D eigenvalue weighted by molar-refractivity contribution is 0.118. The van der Waals surface area contributed by atoms with Gasteiger partial charge in [-0.25, -0.2) is 0 Å². The molecule has 1 saturated heterocycles. The van der Waals surface area contributed by atoms with Crippen molar-refractivity contribution in [1.82, 2.24) is 10.5 Å². The summed E-state index contributed by atoms with van der Waals surface area (Å²) >= 11 is 0. The molecule has 0 unspecified atom stereocenters. The van der Waals surface area contributed by atoms with Gasteiger partial charge in [0.05, 0.1) is 12.6 Å². The molecule has 4 aromatic rings. The molecule has 1 fully saturated rings. The lowest BCUT2D eigenvalue weighted by atomic mass is 10.0. The Morgan fingerprint density at radius 1 is 0.909 bits per heavy atom. The van der Waals surface area contributed by atoms with Crippen LogP contribution in [0, 0.1) is 0 Å². The summed E-state index contributed by atoms with van der Waals surface area (Å²) in [6.45, 7) is 0.512. The maximum atomic E-state index is 6.52. The van der Waals surface area contributed by atoms with E-state index in [-0.39, 0.29) is 12.1 Å². The first-order valence-electron chi connectivity index (χ1n) is 11.1. The Bertz CT molecular complexity index is 1300. The molecule has 0 amide bonds. The molecule has 0 aliphatic carbocycles. The highest BCUT2D eigenvalue weighted by atomic mass is 16.5. The van der Waals surface area contributed by atoms with Crippen LogP contribution < -0.4 is 16.0 Å². The maximum Gasteiger partial charge on any atom is 0.201 e. The summed E-state index contributed by atoms with van der Waals surface area (Å²) in [5.74, 6) is 0.658. The largest absolute Gasteiger partial charge is 0.468 e. The van der Waals surface area contributed by atoms with Crippen molar-refractivity contribution in [2.75, 3.05) is 13.7 Å². The van der Waals surface area contributed by atoms with Gasteiger partial charge >= 0.3 is 0 Å². The molecular weight excluding hydrogens is 412 g/mol. The number of nitrogens with one attached hydrogen (secondary N) is 1. The second-order valence-electron chi connectivity index (χ2n) is 8.01. The third-order valence-electron chi connectivity index (χ3n) is 5.76. The predicted octanol–water partition coefficient (Wildman–Crippen LogP) is 3.81. The Balaban J connectivity index is 1.64. The molecule has 0 radical (unpaired) electrons. The van der Waals surface area contributed by atoms with E-state index in [0.29, 0.717) is 17.9 Å². The van der Waals surface area contributed by atoms with Gasteiger partial charge in [0.1, 0.15) is 17.0 Å². The number of ether oxygens (including phenoxy) is 2. The van der Waals surface area contributed by atoms with E-state index in [1.165, 1.54) is 5.56 Å². The van der Waals surface area contributed by atoms with Crippen LogP contribution in [-0.2, 0) is 15.9 Å². The number of rotatable bonds is 6. The van der Waals surface area contributed by atoms with Crippen molar-refractivity contribution in [1.29, 1.82) is 0 Å². The Morgan fingerprint density at radius 2 is 1.58 bits per heavy atom. The van der Waals surface area contributed by atoms with Crippen LogP contribution in [0.2, 0.25) is 0 Å². The molecule has 5 rings (SSSR count). The third-order valence-corrected chi connectivity index (χ3v) is 5.76. The first-order chi connectivity index (χ1) is 16.3. The summed E-state index contributed by atoms with van der Waals surface area (Å²) < 4.78 is 17.9. The van der Waals surface area contributed by atoms with Crippen molar-refractivity contribution < 1.29 is 14.0 Å². The van der Waals surface area contributed by atoms with Crippen molar-refractivity contribution >= 4 is 12.0 Å². The van der Waals surface area contributed by atoms with Gasteiger partial charge in [0.25, 0.3) is 0 Å². The van der Waals surface area contributed by atoms with Gasteiger partial charge in [-0.2, -0.15) is 0 Å². The normalized spacial score (nSPS) is 19.8. The Hall–Kier alpha value is -3.83. The van der Waals surface area contributed by atoms with E-state index >= 15 is 0 Å². The molecule has 2 heterocycles.